The van der Waals surface area contributed by atoms with Crippen molar-refractivity contribution in [2.24, 2.45) is 0 Å². The number of nitrogens with one attached hydrogen (secondary N) is 1. The van der Waals surface area contributed by atoms with E-state index in [1.807, 2.05) is 0 Å². The van der Waals surface area contributed by atoms with Crippen LogP contribution < -0.4 is 34.9 Å². The number of hydrogen-bond donors (Lipinski definition) is 3. The minimum absolute atomic E-state index is 0. The van der Waals surface area contributed by atoms with Crippen molar-refractivity contribution in [1.82, 2.24) is 5.32 Å². The first-order valence-electron chi connectivity index (χ1n) is 2.34. The van der Waals surface area contributed by atoms with Gasteiger partial charge in [0.05, 0.1) is 13.2 Å². The van der Waals surface area contributed by atoms with E-state index in [0.717, 1.165) is 0 Å². The first kappa shape index (κ1) is 16.4. The van der Waals surface area contributed by atoms with Crippen LogP contribution in [0.1, 0.15) is 0 Å². The second-order valence-electron chi connectivity index (χ2n) is 1.20. The van der Waals surface area contributed by atoms with Gasteiger partial charge in [-0.3, -0.25) is 0 Å². The smallest absolute Gasteiger partial charge is 0.870 e. The van der Waals surface area contributed by atoms with E-state index in [0.29, 0.717) is 13.1 Å². The zero-order valence-electron chi connectivity index (χ0n) is 5.67. The minimum atomic E-state index is 0. The fourth-order valence-corrected chi connectivity index (χ4v) is 0.283. The average molecular weight is 145 g/mol. The molecule has 0 aromatic heterocycles. The van der Waals surface area contributed by atoms with Gasteiger partial charge in [0.25, 0.3) is 0 Å². The summed E-state index contributed by atoms with van der Waals surface area (Å²) >= 11 is 0. The van der Waals surface area contributed by atoms with Gasteiger partial charge in [-0.15, -0.1) is 0 Å². The largest absolute Gasteiger partial charge is 1.00 e. The first-order valence-corrected chi connectivity index (χ1v) is 2.34. The van der Waals surface area contributed by atoms with Crippen LogP contribution in [-0.2, 0) is 0 Å². The van der Waals surface area contributed by atoms with Gasteiger partial charge in [-0.25, -0.2) is 0 Å². The van der Waals surface area contributed by atoms with Crippen LogP contribution in [0.15, 0.2) is 0 Å². The van der Waals surface area contributed by atoms with Crippen LogP contribution in [0.4, 0.5) is 0 Å². The molecule has 9 heavy (non-hydrogen) atoms. The number of aliphatic hydroxyl groups excluding tert-OH is 2. The summed E-state index contributed by atoms with van der Waals surface area (Å²) in [4.78, 5) is 0. The van der Waals surface area contributed by atoms with Crippen molar-refractivity contribution in [3.8, 4) is 0 Å². The third-order valence-electron chi connectivity index (χ3n) is 0.577. The van der Waals surface area contributed by atoms with E-state index in [4.69, 9.17) is 10.2 Å². The average Bonchev–Trinajstić information content (AvgIpc) is 1.69. The Hall–Kier alpha value is 0.840. The van der Waals surface area contributed by atoms with Gasteiger partial charge in [-0.05, 0) is 0 Å². The number of rotatable bonds is 4. The van der Waals surface area contributed by atoms with E-state index in [1.165, 1.54) is 0 Å². The van der Waals surface area contributed by atoms with Gasteiger partial charge < -0.3 is 21.0 Å². The summed E-state index contributed by atoms with van der Waals surface area (Å²) in [6.07, 6.45) is 0. The third kappa shape index (κ3) is 17.7. The summed E-state index contributed by atoms with van der Waals surface area (Å²) < 4.78 is 0. The number of aliphatic hydroxyl groups is 2. The molecule has 0 spiro atoms. The molecule has 0 aliphatic rings. The molecular weight excluding hydrogens is 133 g/mol. The molecule has 0 unspecified atom stereocenters. The molecule has 0 atom stereocenters. The molecule has 0 saturated carbocycles. The Labute approximate surface area is 76.9 Å². The second kappa shape index (κ2) is 15.9. The van der Waals surface area contributed by atoms with Gasteiger partial charge in [-0.1, -0.05) is 0 Å². The summed E-state index contributed by atoms with van der Waals surface area (Å²) in [5.74, 6) is 0. The van der Waals surface area contributed by atoms with Crippen molar-refractivity contribution in [2.75, 3.05) is 26.3 Å². The molecule has 5 heteroatoms. The molecule has 0 amide bonds. The Balaban J connectivity index is -0.000000180. The maximum atomic E-state index is 8.15. The van der Waals surface area contributed by atoms with E-state index in [2.05, 4.69) is 5.32 Å². The Kier molecular flexibility index (Phi) is 29.1. The molecule has 52 valence electrons. The van der Waals surface area contributed by atoms with Crippen LogP contribution in [0.3, 0.4) is 0 Å². The predicted molar refractivity (Wildman–Crippen MR) is 29.0 cm³/mol. The molecule has 4 N–H and O–H groups in total. The van der Waals surface area contributed by atoms with E-state index in [9.17, 15) is 0 Å². The molecule has 0 aliphatic heterocycles. The van der Waals surface area contributed by atoms with Gasteiger partial charge in [0, 0.05) is 13.1 Å². The van der Waals surface area contributed by atoms with Crippen molar-refractivity contribution in [3.05, 3.63) is 0 Å². The van der Waals surface area contributed by atoms with Crippen LogP contribution in [0, 0.1) is 0 Å². The molecule has 0 saturated heterocycles. The molecule has 0 bridgehead atoms. The van der Waals surface area contributed by atoms with Crippen molar-refractivity contribution in [3.63, 3.8) is 0 Å². The topological polar surface area (TPSA) is 82.5 Å². The van der Waals surface area contributed by atoms with Crippen LogP contribution in [-0.4, -0.2) is 42.0 Å². The molecule has 0 radical (unpaired) electrons. The fourth-order valence-electron chi connectivity index (χ4n) is 0.283. The predicted octanol–water partition coefficient (Wildman–Crippen LogP) is -4.61. The van der Waals surface area contributed by atoms with Crippen LogP contribution in [0.2, 0.25) is 0 Å². The van der Waals surface area contributed by atoms with Gasteiger partial charge in [-0.2, -0.15) is 0 Å². The minimum Gasteiger partial charge on any atom is -0.870 e. The summed E-state index contributed by atoms with van der Waals surface area (Å²) in [5, 5.41) is 19.1. The Morgan fingerprint density at radius 3 is 1.56 bits per heavy atom. The van der Waals surface area contributed by atoms with Gasteiger partial charge in [0.15, 0.2) is 0 Å². The summed E-state index contributed by atoms with van der Waals surface area (Å²) in [5.41, 5.74) is 0. The van der Waals surface area contributed by atoms with Crippen LogP contribution in [0.5, 0.6) is 0 Å². The summed E-state index contributed by atoms with van der Waals surface area (Å²) in [6.45, 7) is 1.42. The maximum absolute atomic E-state index is 8.15. The fraction of sp³-hybridized carbons (Fsp3) is 1.00. The van der Waals surface area contributed by atoms with Crippen molar-refractivity contribution in [2.45, 2.75) is 0 Å². The molecule has 0 aromatic rings. The van der Waals surface area contributed by atoms with E-state index >= 15 is 0 Å². The van der Waals surface area contributed by atoms with Crippen molar-refractivity contribution >= 4 is 0 Å². The molecule has 0 heterocycles. The summed E-state index contributed by atoms with van der Waals surface area (Å²) in [7, 11) is 0. The molecule has 0 rings (SSSR count). The Morgan fingerprint density at radius 2 is 1.33 bits per heavy atom. The quantitative estimate of drug-likeness (QED) is 0.274. The van der Waals surface area contributed by atoms with Crippen molar-refractivity contribution in [1.29, 1.82) is 0 Å². The van der Waals surface area contributed by atoms with Crippen LogP contribution in [0.25, 0.3) is 0 Å². The molecule has 0 aromatic carbocycles. The third-order valence-corrected chi connectivity index (χ3v) is 0.577. The van der Waals surface area contributed by atoms with Crippen LogP contribution >= 0.6 is 0 Å². The normalized spacial score (nSPS) is 7.33. The van der Waals surface area contributed by atoms with Crippen molar-refractivity contribution < 1.29 is 45.2 Å². The summed E-state index contributed by atoms with van der Waals surface area (Å²) in [6, 6.07) is 0. The molecule has 0 fully saturated rings. The first-order chi connectivity index (χ1) is 3.41. The second-order valence-corrected chi connectivity index (χ2v) is 1.20. The molecule has 4 nitrogen and oxygen atoms in total. The van der Waals surface area contributed by atoms with Gasteiger partial charge in [0.1, 0.15) is 0 Å². The number of hydrogen-bond acceptors (Lipinski definition) is 4. The SMILES string of the molecule is OCCNCCO.[Na+].[OH-]. The zero-order chi connectivity index (χ0) is 5.54. The standard InChI is InChI=1S/C4H11NO2.Na.H2O/c6-3-1-5-2-4-7;;/h5-7H,1-4H2;;1H2/q;+1;/p-1. The maximum Gasteiger partial charge on any atom is 1.00 e. The molecular formula is C4H12NNaO3. The van der Waals surface area contributed by atoms with E-state index in [-0.39, 0.29) is 48.2 Å². The van der Waals surface area contributed by atoms with E-state index < -0.39 is 0 Å². The van der Waals surface area contributed by atoms with Gasteiger partial charge in [0.2, 0.25) is 0 Å². The van der Waals surface area contributed by atoms with Gasteiger partial charge >= 0.3 is 29.6 Å². The molecule has 0 aliphatic carbocycles. The Bertz CT molecular complexity index is 35.0. The van der Waals surface area contributed by atoms with E-state index in [1.54, 1.807) is 0 Å². The zero-order valence-corrected chi connectivity index (χ0v) is 7.67. The monoisotopic (exact) mass is 145 g/mol. The Morgan fingerprint density at radius 1 is 1.00 bits per heavy atom.